The van der Waals surface area contributed by atoms with Crippen molar-refractivity contribution in [1.29, 1.82) is 0 Å². The monoisotopic (exact) mass is 333 g/mol. The van der Waals surface area contributed by atoms with Gasteiger partial charge in [-0.25, -0.2) is 4.79 Å². The van der Waals surface area contributed by atoms with Gasteiger partial charge in [-0.2, -0.15) is 0 Å². The van der Waals surface area contributed by atoms with Gasteiger partial charge in [-0.3, -0.25) is 4.79 Å². The largest absolute Gasteiger partial charge is 0.482 e. The number of hydrogen-bond acceptors (Lipinski definition) is 4. The summed E-state index contributed by atoms with van der Waals surface area (Å²) < 4.78 is 10.1. The summed E-state index contributed by atoms with van der Waals surface area (Å²) in [6.45, 7) is -0.334. The highest BCUT2D eigenvalue weighted by Gasteiger charge is 2.09. The summed E-state index contributed by atoms with van der Waals surface area (Å²) in [7, 11) is 0. The Kier molecular flexibility index (Phi) is 6.44. The normalized spacial score (nSPS) is 9.96. The Labute approximate surface area is 139 Å². The molecule has 0 aliphatic rings. The third-order valence-corrected chi connectivity index (χ3v) is 3.27. The molecule has 0 saturated carbocycles. The van der Waals surface area contributed by atoms with Gasteiger partial charge in [0.2, 0.25) is 0 Å². The summed E-state index contributed by atoms with van der Waals surface area (Å²) in [6.07, 6.45) is 0. The number of carbonyl (C=O) groups excluding carboxylic acids is 2. The van der Waals surface area contributed by atoms with Crippen molar-refractivity contribution in [1.82, 2.24) is 5.32 Å². The highest BCUT2D eigenvalue weighted by atomic mass is 35.5. The molecule has 2 rings (SSSR count). The molecule has 2 aromatic rings. The first-order valence-corrected chi connectivity index (χ1v) is 7.36. The van der Waals surface area contributed by atoms with Crippen LogP contribution in [0.25, 0.3) is 0 Å². The summed E-state index contributed by atoms with van der Waals surface area (Å²) in [4.78, 5) is 23.1. The molecule has 0 fully saturated rings. The molecule has 1 N–H and O–H groups in total. The van der Waals surface area contributed by atoms with Crippen LogP contribution in [0.3, 0.4) is 0 Å². The van der Waals surface area contributed by atoms with Gasteiger partial charge in [-0.1, -0.05) is 48.0 Å². The lowest BCUT2D eigenvalue weighted by molar-refractivity contribution is -0.150. The second-order valence-corrected chi connectivity index (χ2v) is 5.04. The van der Waals surface area contributed by atoms with E-state index in [0.717, 1.165) is 5.56 Å². The van der Waals surface area contributed by atoms with E-state index in [0.29, 0.717) is 10.8 Å². The molecule has 0 heterocycles. The topological polar surface area (TPSA) is 64.6 Å². The van der Waals surface area contributed by atoms with Crippen molar-refractivity contribution in [3.05, 3.63) is 65.2 Å². The fourth-order valence-electron chi connectivity index (χ4n) is 1.73. The first-order valence-electron chi connectivity index (χ1n) is 6.99. The average molecular weight is 334 g/mol. The summed E-state index contributed by atoms with van der Waals surface area (Å²) in [5.41, 5.74) is 0.793. The van der Waals surface area contributed by atoms with Crippen LogP contribution in [0.5, 0.6) is 5.75 Å². The lowest BCUT2D eigenvalue weighted by atomic mass is 10.2. The van der Waals surface area contributed by atoms with E-state index in [2.05, 4.69) is 5.32 Å². The maximum absolute atomic E-state index is 11.6. The fraction of sp³-hybridized carbons (Fsp3) is 0.176. The number of hydrogen-bond donors (Lipinski definition) is 1. The van der Waals surface area contributed by atoms with Crippen molar-refractivity contribution in [2.75, 3.05) is 13.2 Å². The Bertz CT molecular complexity index is 661. The Balaban J connectivity index is 1.66. The van der Waals surface area contributed by atoms with Crippen molar-refractivity contribution in [3.8, 4) is 5.75 Å². The minimum absolute atomic E-state index is 0.248. The van der Waals surface area contributed by atoms with Crippen molar-refractivity contribution < 1.29 is 19.1 Å². The zero-order valence-electron chi connectivity index (χ0n) is 12.3. The van der Waals surface area contributed by atoms with Crippen LogP contribution in [0.15, 0.2) is 54.6 Å². The van der Waals surface area contributed by atoms with E-state index in [4.69, 9.17) is 21.1 Å². The molecule has 6 heteroatoms. The average Bonchev–Trinajstić information content (AvgIpc) is 2.58. The molecule has 1 amide bonds. The van der Waals surface area contributed by atoms with Gasteiger partial charge < -0.3 is 14.8 Å². The molecule has 23 heavy (non-hydrogen) atoms. The van der Waals surface area contributed by atoms with Gasteiger partial charge in [-0.15, -0.1) is 0 Å². The van der Waals surface area contributed by atoms with E-state index in [1.165, 1.54) is 0 Å². The highest BCUT2D eigenvalue weighted by Crippen LogP contribution is 2.14. The van der Waals surface area contributed by atoms with Gasteiger partial charge in [0.15, 0.2) is 13.2 Å². The molecule has 0 spiro atoms. The molecular weight excluding hydrogens is 318 g/mol. The SMILES string of the molecule is O=C(COC(=O)COc1ccccc1)NCc1ccccc1Cl. The van der Waals surface area contributed by atoms with Crippen LogP contribution in [0.2, 0.25) is 5.02 Å². The number of para-hydroxylation sites is 1. The van der Waals surface area contributed by atoms with E-state index in [-0.39, 0.29) is 19.8 Å². The lowest BCUT2D eigenvalue weighted by Crippen LogP contribution is -2.29. The van der Waals surface area contributed by atoms with Crippen LogP contribution < -0.4 is 10.1 Å². The van der Waals surface area contributed by atoms with Crippen molar-refractivity contribution in [2.45, 2.75) is 6.54 Å². The van der Waals surface area contributed by atoms with Crippen molar-refractivity contribution >= 4 is 23.5 Å². The second-order valence-electron chi connectivity index (χ2n) is 4.63. The summed E-state index contributed by atoms with van der Waals surface area (Å²) in [5, 5.41) is 3.20. The van der Waals surface area contributed by atoms with E-state index in [1.807, 2.05) is 24.3 Å². The number of nitrogens with one attached hydrogen (secondary N) is 1. The minimum Gasteiger partial charge on any atom is -0.482 e. The van der Waals surface area contributed by atoms with Gasteiger partial charge in [0, 0.05) is 11.6 Å². The summed E-state index contributed by atoms with van der Waals surface area (Å²) >= 11 is 5.98. The van der Waals surface area contributed by atoms with E-state index >= 15 is 0 Å². The van der Waals surface area contributed by atoms with Crippen LogP contribution >= 0.6 is 11.6 Å². The van der Waals surface area contributed by atoms with E-state index < -0.39 is 11.9 Å². The Morgan fingerprint density at radius 1 is 0.957 bits per heavy atom. The predicted octanol–water partition coefficient (Wildman–Crippen LogP) is 2.58. The Hall–Kier alpha value is -2.53. The van der Waals surface area contributed by atoms with Crippen LogP contribution in [0.1, 0.15) is 5.56 Å². The van der Waals surface area contributed by atoms with Crippen molar-refractivity contribution in [2.24, 2.45) is 0 Å². The van der Waals surface area contributed by atoms with Crippen LogP contribution in [-0.2, 0) is 20.9 Å². The molecule has 0 bridgehead atoms. The maximum Gasteiger partial charge on any atom is 0.344 e. The number of esters is 1. The lowest BCUT2D eigenvalue weighted by Gasteiger charge is -2.08. The second kappa shape index (κ2) is 8.80. The minimum atomic E-state index is -0.609. The Morgan fingerprint density at radius 2 is 1.65 bits per heavy atom. The van der Waals surface area contributed by atoms with Crippen LogP contribution in [-0.4, -0.2) is 25.1 Å². The number of carbonyl (C=O) groups is 2. The van der Waals surface area contributed by atoms with Gasteiger partial charge in [0.25, 0.3) is 5.91 Å². The number of rotatable bonds is 7. The first kappa shape index (κ1) is 16.8. The molecule has 0 saturated heterocycles. The van der Waals surface area contributed by atoms with Crippen molar-refractivity contribution in [3.63, 3.8) is 0 Å². The third-order valence-electron chi connectivity index (χ3n) is 2.90. The van der Waals surface area contributed by atoms with Gasteiger partial charge in [0.05, 0.1) is 0 Å². The summed E-state index contributed by atoms with van der Waals surface area (Å²) in [5.74, 6) is -0.452. The molecule has 0 aliphatic carbocycles. The zero-order valence-corrected chi connectivity index (χ0v) is 13.1. The first-order chi connectivity index (χ1) is 11.1. The number of amides is 1. The van der Waals surface area contributed by atoms with Gasteiger partial charge >= 0.3 is 5.97 Å². The quantitative estimate of drug-likeness (QED) is 0.791. The number of ether oxygens (including phenoxy) is 2. The van der Waals surface area contributed by atoms with Gasteiger partial charge in [0.1, 0.15) is 5.75 Å². The molecule has 0 unspecified atom stereocenters. The smallest absolute Gasteiger partial charge is 0.344 e. The highest BCUT2D eigenvalue weighted by molar-refractivity contribution is 6.31. The number of halogens is 1. The number of benzene rings is 2. The molecule has 0 aromatic heterocycles. The molecular formula is C17H16ClNO4. The van der Waals surface area contributed by atoms with E-state index in [9.17, 15) is 9.59 Å². The molecule has 2 aromatic carbocycles. The summed E-state index contributed by atoms with van der Waals surface area (Å²) in [6, 6.07) is 16.1. The molecule has 0 aliphatic heterocycles. The zero-order chi connectivity index (χ0) is 16.5. The Morgan fingerprint density at radius 3 is 2.39 bits per heavy atom. The molecule has 120 valence electrons. The fourth-order valence-corrected chi connectivity index (χ4v) is 1.94. The standard InChI is InChI=1S/C17H16ClNO4/c18-15-9-5-4-6-13(15)10-19-16(20)11-23-17(21)12-22-14-7-2-1-3-8-14/h1-9H,10-12H2,(H,19,20). The molecule has 5 nitrogen and oxygen atoms in total. The van der Waals surface area contributed by atoms with Gasteiger partial charge in [-0.05, 0) is 23.8 Å². The van der Waals surface area contributed by atoms with E-state index in [1.54, 1.807) is 30.3 Å². The van der Waals surface area contributed by atoms with Crippen LogP contribution in [0, 0.1) is 0 Å². The third kappa shape index (κ3) is 6.00. The molecule has 0 atom stereocenters. The van der Waals surface area contributed by atoms with Crippen LogP contribution in [0.4, 0.5) is 0 Å². The maximum atomic E-state index is 11.6. The predicted molar refractivity (Wildman–Crippen MR) is 86.2 cm³/mol. The molecule has 0 radical (unpaired) electrons.